The Morgan fingerprint density at radius 2 is 2.00 bits per heavy atom. The summed E-state index contributed by atoms with van der Waals surface area (Å²) in [6.07, 6.45) is 0. The lowest BCUT2D eigenvalue weighted by Gasteiger charge is -2.20. The van der Waals surface area contributed by atoms with Crippen LogP contribution in [0.15, 0.2) is 6.07 Å². The Bertz CT molecular complexity index is 472. The molecular formula is C16H29N3O2. The fourth-order valence-corrected chi connectivity index (χ4v) is 1.89. The van der Waals surface area contributed by atoms with Gasteiger partial charge in [0.2, 0.25) is 0 Å². The van der Waals surface area contributed by atoms with Gasteiger partial charge in [0.1, 0.15) is 5.69 Å². The highest BCUT2D eigenvalue weighted by atomic mass is 16.3. The molecule has 0 spiro atoms. The third-order valence-electron chi connectivity index (χ3n) is 3.17. The Balaban J connectivity index is 2.94. The van der Waals surface area contributed by atoms with E-state index in [9.17, 15) is 4.79 Å². The summed E-state index contributed by atoms with van der Waals surface area (Å²) >= 11 is 0. The standard InChI is InChI=1S/C16H29N3O2/c1-11(2)13-7-14(15(21)17-8-12(3)9-20)19(18-13)10-16(4,5)6/h7,11-12,20H,8-10H2,1-6H3,(H,17,21). The second kappa shape index (κ2) is 7.07. The third-order valence-corrected chi connectivity index (χ3v) is 3.17. The molecule has 0 fully saturated rings. The van der Waals surface area contributed by atoms with Gasteiger partial charge in [0.05, 0.1) is 5.69 Å². The summed E-state index contributed by atoms with van der Waals surface area (Å²) in [5.41, 5.74) is 1.58. The number of rotatable bonds is 6. The van der Waals surface area contributed by atoms with Gasteiger partial charge in [0, 0.05) is 19.7 Å². The number of amides is 1. The van der Waals surface area contributed by atoms with Gasteiger partial charge in [0.15, 0.2) is 0 Å². The van der Waals surface area contributed by atoms with Crippen molar-refractivity contribution in [2.75, 3.05) is 13.2 Å². The van der Waals surface area contributed by atoms with Gasteiger partial charge in [-0.3, -0.25) is 9.48 Å². The Hall–Kier alpha value is -1.36. The number of carbonyl (C=O) groups excluding carboxylic acids is 1. The number of nitrogens with zero attached hydrogens (tertiary/aromatic N) is 2. The van der Waals surface area contributed by atoms with E-state index in [4.69, 9.17) is 5.11 Å². The van der Waals surface area contributed by atoms with Crippen molar-refractivity contribution in [2.45, 2.75) is 54.0 Å². The summed E-state index contributed by atoms with van der Waals surface area (Å²) in [6.45, 7) is 13.6. The molecule has 0 bridgehead atoms. The Morgan fingerprint density at radius 1 is 1.38 bits per heavy atom. The molecule has 0 aliphatic rings. The van der Waals surface area contributed by atoms with Crippen molar-refractivity contribution in [2.24, 2.45) is 11.3 Å². The molecule has 1 heterocycles. The van der Waals surface area contributed by atoms with Crippen LogP contribution in [0.1, 0.15) is 63.6 Å². The van der Waals surface area contributed by atoms with Crippen molar-refractivity contribution in [3.05, 3.63) is 17.5 Å². The summed E-state index contributed by atoms with van der Waals surface area (Å²) in [7, 11) is 0. The molecule has 0 saturated carbocycles. The monoisotopic (exact) mass is 295 g/mol. The molecule has 21 heavy (non-hydrogen) atoms. The smallest absolute Gasteiger partial charge is 0.269 e. The molecule has 5 nitrogen and oxygen atoms in total. The van der Waals surface area contributed by atoms with Gasteiger partial charge in [-0.2, -0.15) is 5.10 Å². The number of nitrogens with one attached hydrogen (secondary N) is 1. The molecule has 2 N–H and O–H groups in total. The topological polar surface area (TPSA) is 67.2 Å². The first kappa shape index (κ1) is 17.7. The highest BCUT2D eigenvalue weighted by molar-refractivity contribution is 5.92. The number of hydrogen-bond acceptors (Lipinski definition) is 3. The van der Waals surface area contributed by atoms with E-state index >= 15 is 0 Å². The number of aliphatic hydroxyl groups excluding tert-OH is 1. The van der Waals surface area contributed by atoms with Crippen molar-refractivity contribution in [1.29, 1.82) is 0 Å². The zero-order valence-electron chi connectivity index (χ0n) is 14.1. The van der Waals surface area contributed by atoms with Crippen molar-refractivity contribution in [3.8, 4) is 0 Å². The summed E-state index contributed by atoms with van der Waals surface area (Å²) in [4.78, 5) is 12.4. The molecule has 1 aromatic rings. The molecule has 1 unspecified atom stereocenters. The molecule has 5 heteroatoms. The van der Waals surface area contributed by atoms with E-state index < -0.39 is 0 Å². The van der Waals surface area contributed by atoms with Crippen LogP contribution in [-0.4, -0.2) is 33.9 Å². The summed E-state index contributed by atoms with van der Waals surface area (Å²) in [6, 6.07) is 1.87. The molecule has 1 rings (SSSR count). The van der Waals surface area contributed by atoms with Crippen LogP contribution in [-0.2, 0) is 6.54 Å². The highest BCUT2D eigenvalue weighted by Crippen LogP contribution is 2.20. The third kappa shape index (κ3) is 5.50. The Labute approximate surface area is 127 Å². The maximum atomic E-state index is 12.4. The van der Waals surface area contributed by atoms with E-state index in [2.05, 4.69) is 45.0 Å². The van der Waals surface area contributed by atoms with E-state index in [1.165, 1.54) is 0 Å². The summed E-state index contributed by atoms with van der Waals surface area (Å²) in [5.74, 6) is 0.214. The minimum Gasteiger partial charge on any atom is -0.396 e. The van der Waals surface area contributed by atoms with Gasteiger partial charge in [0.25, 0.3) is 5.91 Å². The first-order valence-electron chi connectivity index (χ1n) is 7.61. The van der Waals surface area contributed by atoms with Gasteiger partial charge in [-0.1, -0.05) is 41.5 Å². The van der Waals surface area contributed by atoms with E-state index in [1.54, 1.807) is 4.68 Å². The SMILES string of the molecule is CC(CO)CNC(=O)c1cc(C(C)C)nn1CC(C)(C)C. The molecule has 1 amide bonds. The van der Waals surface area contributed by atoms with Crippen LogP contribution in [0.4, 0.5) is 0 Å². The van der Waals surface area contributed by atoms with Crippen molar-refractivity contribution >= 4 is 5.91 Å². The second-order valence-corrected chi connectivity index (χ2v) is 7.33. The molecule has 0 aromatic carbocycles. The first-order valence-corrected chi connectivity index (χ1v) is 7.61. The van der Waals surface area contributed by atoms with E-state index in [0.29, 0.717) is 18.8 Å². The lowest BCUT2D eigenvalue weighted by atomic mass is 9.97. The molecule has 1 aromatic heterocycles. The number of carbonyl (C=O) groups is 1. The van der Waals surface area contributed by atoms with Gasteiger partial charge in [-0.05, 0) is 23.3 Å². The average molecular weight is 295 g/mol. The maximum absolute atomic E-state index is 12.4. The lowest BCUT2D eigenvalue weighted by molar-refractivity contribution is 0.0928. The van der Waals surface area contributed by atoms with Crippen LogP contribution in [0.5, 0.6) is 0 Å². The lowest BCUT2D eigenvalue weighted by Crippen LogP contribution is -2.32. The normalized spacial score (nSPS) is 13.5. The second-order valence-electron chi connectivity index (χ2n) is 7.33. The predicted molar refractivity (Wildman–Crippen MR) is 84.4 cm³/mol. The van der Waals surface area contributed by atoms with E-state index in [0.717, 1.165) is 5.69 Å². The fourth-order valence-electron chi connectivity index (χ4n) is 1.89. The van der Waals surface area contributed by atoms with Crippen LogP contribution in [0, 0.1) is 11.3 Å². The van der Waals surface area contributed by atoms with E-state index in [1.807, 2.05) is 13.0 Å². The van der Waals surface area contributed by atoms with Crippen LogP contribution in [0.25, 0.3) is 0 Å². The number of aromatic nitrogens is 2. The van der Waals surface area contributed by atoms with Crippen molar-refractivity contribution in [1.82, 2.24) is 15.1 Å². The number of hydrogen-bond donors (Lipinski definition) is 2. The fraction of sp³-hybridized carbons (Fsp3) is 0.750. The van der Waals surface area contributed by atoms with Crippen molar-refractivity contribution < 1.29 is 9.90 Å². The average Bonchev–Trinajstić information content (AvgIpc) is 2.77. The van der Waals surface area contributed by atoms with Crippen LogP contribution in [0.3, 0.4) is 0 Å². The van der Waals surface area contributed by atoms with Gasteiger partial charge in [-0.15, -0.1) is 0 Å². The quantitative estimate of drug-likeness (QED) is 0.847. The predicted octanol–water partition coefficient (Wildman–Crippen LogP) is 2.41. The molecule has 120 valence electrons. The van der Waals surface area contributed by atoms with Crippen LogP contribution in [0.2, 0.25) is 0 Å². The zero-order chi connectivity index (χ0) is 16.2. The van der Waals surface area contributed by atoms with Crippen LogP contribution >= 0.6 is 0 Å². The Kier molecular flexibility index (Phi) is 5.96. The van der Waals surface area contributed by atoms with E-state index in [-0.39, 0.29) is 29.8 Å². The maximum Gasteiger partial charge on any atom is 0.269 e. The molecule has 0 saturated heterocycles. The number of aliphatic hydroxyl groups is 1. The minimum atomic E-state index is -0.126. The molecule has 0 radical (unpaired) electrons. The van der Waals surface area contributed by atoms with Crippen molar-refractivity contribution in [3.63, 3.8) is 0 Å². The Morgan fingerprint density at radius 3 is 2.48 bits per heavy atom. The van der Waals surface area contributed by atoms with Gasteiger partial charge in [-0.25, -0.2) is 0 Å². The van der Waals surface area contributed by atoms with Crippen LogP contribution < -0.4 is 5.32 Å². The van der Waals surface area contributed by atoms with Gasteiger partial charge < -0.3 is 10.4 Å². The summed E-state index contributed by atoms with van der Waals surface area (Å²) in [5, 5.41) is 16.5. The molecule has 1 atom stereocenters. The van der Waals surface area contributed by atoms with Gasteiger partial charge >= 0.3 is 0 Å². The first-order chi connectivity index (χ1) is 9.64. The highest BCUT2D eigenvalue weighted by Gasteiger charge is 2.21. The zero-order valence-corrected chi connectivity index (χ0v) is 14.1. The molecule has 0 aliphatic heterocycles. The molecule has 0 aliphatic carbocycles. The largest absolute Gasteiger partial charge is 0.396 e. The minimum absolute atomic E-state index is 0.0493. The summed E-state index contributed by atoms with van der Waals surface area (Å²) < 4.78 is 1.80. The molecular weight excluding hydrogens is 266 g/mol.